The van der Waals surface area contributed by atoms with Crippen LogP contribution in [0.1, 0.15) is 47.5 Å². The summed E-state index contributed by atoms with van der Waals surface area (Å²) in [5.41, 5.74) is 1.01. The summed E-state index contributed by atoms with van der Waals surface area (Å²) in [5, 5.41) is 5.70. The van der Waals surface area contributed by atoms with Crippen molar-refractivity contribution in [1.29, 1.82) is 0 Å². The van der Waals surface area contributed by atoms with Gasteiger partial charge < -0.3 is 15.5 Å². The van der Waals surface area contributed by atoms with E-state index in [1.165, 1.54) is 0 Å². The summed E-state index contributed by atoms with van der Waals surface area (Å²) >= 11 is 2.93. The second-order valence-corrected chi connectivity index (χ2v) is 10.6. The Bertz CT molecular complexity index is 1370. The second kappa shape index (κ2) is 10.6. The van der Waals surface area contributed by atoms with Gasteiger partial charge in [-0.1, -0.05) is 30.3 Å². The molecule has 3 aromatic carbocycles. The Morgan fingerprint density at radius 1 is 0.816 bits per heavy atom. The molecular weight excluding hydrogens is 556 g/mol. The minimum atomic E-state index is -1.05. The molecular formula is C29H26BrF2N3O3. The Morgan fingerprint density at radius 2 is 1.39 bits per heavy atom. The average molecular weight is 582 g/mol. The zero-order valence-corrected chi connectivity index (χ0v) is 22.1. The number of anilines is 2. The molecule has 0 radical (unpaired) electrons. The van der Waals surface area contributed by atoms with Gasteiger partial charge in [0.25, 0.3) is 5.91 Å². The first kappa shape index (κ1) is 26.0. The first-order valence-corrected chi connectivity index (χ1v) is 13.3. The summed E-state index contributed by atoms with van der Waals surface area (Å²) in [6.45, 7) is 0.857. The largest absolute Gasteiger partial charge is 0.339 e. The van der Waals surface area contributed by atoms with Crippen molar-refractivity contribution in [2.45, 2.75) is 31.6 Å². The van der Waals surface area contributed by atoms with Crippen molar-refractivity contribution in [2.75, 3.05) is 23.7 Å². The van der Waals surface area contributed by atoms with Crippen LogP contribution in [0.3, 0.4) is 0 Å². The summed E-state index contributed by atoms with van der Waals surface area (Å²) < 4.78 is 28.1. The van der Waals surface area contributed by atoms with E-state index >= 15 is 0 Å². The predicted molar refractivity (Wildman–Crippen MR) is 144 cm³/mol. The van der Waals surface area contributed by atoms with Crippen LogP contribution in [0.5, 0.6) is 0 Å². The Balaban J connectivity index is 1.16. The molecule has 5 rings (SSSR count). The van der Waals surface area contributed by atoms with Gasteiger partial charge in [0, 0.05) is 24.5 Å². The fourth-order valence-corrected chi connectivity index (χ4v) is 5.13. The molecule has 2 N–H and O–H groups in total. The highest BCUT2D eigenvalue weighted by molar-refractivity contribution is 9.10. The number of nitrogens with one attached hydrogen (secondary N) is 2. The van der Waals surface area contributed by atoms with Gasteiger partial charge in [-0.25, -0.2) is 8.78 Å². The second-order valence-electron chi connectivity index (χ2n) is 9.79. The number of para-hydroxylation sites is 1. The van der Waals surface area contributed by atoms with E-state index < -0.39 is 23.0 Å². The topological polar surface area (TPSA) is 78.5 Å². The van der Waals surface area contributed by atoms with E-state index in [4.69, 9.17) is 0 Å². The molecule has 0 aromatic heterocycles. The molecule has 1 saturated heterocycles. The minimum Gasteiger partial charge on any atom is -0.339 e. The molecule has 2 aliphatic rings. The highest BCUT2D eigenvalue weighted by Crippen LogP contribution is 2.47. The standard InChI is InChI=1S/C29H26BrF2N3O3/c30-23-17-24(31)22(16-25(23)32)26(36)35-14-10-19(11-15-35)18-6-8-21(9-7-18)34-28(38)29(12-13-29)27(37)33-20-4-2-1-3-5-20/h1-9,16-17,19H,10-15H2,(H,33,37)(H,34,38). The lowest BCUT2D eigenvalue weighted by molar-refractivity contribution is -0.131. The van der Waals surface area contributed by atoms with E-state index in [0.717, 1.165) is 17.7 Å². The number of amides is 3. The number of hydrogen-bond acceptors (Lipinski definition) is 3. The monoisotopic (exact) mass is 581 g/mol. The van der Waals surface area contributed by atoms with E-state index in [-0.39, 0.29) is 27.8 Å². The van der Waals surface area contributed by atoms with E-state index in [9.17, 15) is 23.2 Å². The molecule has 196 valence electrons. The summed E-state index contributed by atoms with van der Waals surface area (Å²) in [5.74, 6) is -2.38. The fourth-order valence-electron chi connectivity index (χ4n) is 4.82. The molecule has 3 amide bonds. The summed E-state index contributed by atoms with van der Waals surface area (Å²) in [6, 6.07) is 18.5. The molecule has 1 aliphatic heterocycles. The average Bonchev–Trinajstić information content (AvgIpc) is 3.74. The highest BCUT2D eigenvalue weighted by atomic mass is 79.9. The van der Waals surface area contributed by atoms with E-state index in [1.54, 1.807) is 17.0 Å². The van der Waals surface area contributed by atoms with E-state index in [1.807, 2.05) is 42.5 Å². The molecule has 6 nitrogen and oxygen atoms in total. The predicted octanol–water partition coefficient (Wildman–Crippen LogP) is 6.10. The van der Waals surface area contributed by atoms with Crippen molar-refractivity contribution in [1.82, 2.24) is 4.90 Å². The van der Waals surface area contributed by atoms with E-state index in [2.05, 4.69) is 26.6 Å². The lowest BCUT2D eigenvalue weighted by Crippen LogP contribution is -2.38. The Hall–Kier alpha value is -3.59. The van der Waals surface area contributed by atoms with E-state index in [0.29, 0.717) is 50.1 Å². The van der Waals surface area contributed by atoms with Gasteiger partial charge in [0.2, 0.25) is 11.8 Å². The number of piperidine rings is 1. The maximum Gasteiger partial charge on any atom is 0.256 e. The zero-order chi connectivity index (χ0) is 26.9. The van der Waals surface area contributed by atoms with Gasteiger partial charge in [-0.05, 0) is 89.5 Å². The lowest BCUT2D eigenvalue weighted by Gasteiger charge is -2.32. The Labute approximate surface area is 227 Å². The summed E-state index contributed by atoms with van der Waals surface area (Å²) in [7, 11) is 0. The van der Waals surface area contributed by atoms with Crippen LogP contribution < -0.4 is 10.6 Å². The third-order valence-corrected chi connectivity index (χ3v) is 7.92. The van der Waals surface area contributed by atoms with Gasteiger partial charge in [-0.3, -0.25) is 14.4 Å². The molecule has 0 bridgehead atoms. The smallest absolute Gasteiger partial charge is 0.256 e. The third-order valence-electron chi connectivity index (χ3n) is 7.31. The number of hydrogen-bond donors (Lipinski definition) is 2. The van der Waals surface area contributed by atoms with Crippen LogP contribution >= 0.6 is 15.9 Å². The van der Waals surface area contributed by atoms with Gasteiger partial charge in [-0.15, -0.1) is 0 Å². The maximum absolute atomic E-state index is 14.2. The van der Waals surface area contributed by atoms with Crippen LogP contribution in [0.4, 0.5) is 20.2 Å². The SMILES string of the molecule is O=C(c1cc(F)c(Br)cc1F)N1CCC(c2ccc(NC(=O)C3(C(=O)Nc4ccccc4)CC3)cc2)CC1. The van der Waals surface area contributed by atoms with Crippen LogP contribution in [-0.4, -0.2) is 35.7 Å². The van der Waals surface area contributed by atoms with Crippen molar-refractivity contribution >= 4 is 45.0 Å². The summed E-state index contributed by atoms with van der Waals surface area (Å²) in [6.07, 6.45) is 2.37. The molecule has 1 aliphatic carbocycles. The molecule has 0 spiro atoms. The Morgan fingerprint density at radius 3 is 1.97 bits per heavy atom. The highest BCUT2D eigenvalue weighted by Gasteiger charge is 2.56. The number of carbonyl (C=O) groups is 3. The number of likely N-dealkylation sites (tertiary alicyclic amines) is 1. The number of carbonyl (C=O) groups excluding carboxylic acids is 3. The fraction of sp³-hybridized carbons (Fsp3) is 0.276. The van der Waals surface area contributed by atoms with Gasteiger partial charge in [-0.2, -0.15) is 0 Å². The van der Waals surface area contributed by atoms with Crippen LogP contribution in [0.2, 0.25) is 0 Å². The number of halogens is 3. The van der Waals surface area contributed by atoms with Crippen molar-refractivity contribution in [3.8, 4) is 0 Å². The van der Waals surface area contributed by atoms with Crippen molar-refractivity contribution in [2.24, 2.45) is 5.41 Å². The third kappa shape index (κ3) is 5.34. The van der Waals surface area contributed by atoms with Crippen LogP contribution in [0, 0.1) is 17.0 Å². The molecule has 1 saturated carbocycles. The maximum atomic E-state index is 14.2. The quantitative estimate of drug-likeness (QED) is 0.272. The minimum absolute atomic E-state index is 0.0207. The van der Waals surface area contributed by atoms with Crippen LogP contribution in [0.15, 0.2) is 71.2 Å². The van der Waals surface area contributed by atoms with Crippen molar-refractivity contribution in [3.63, 3.8) is 0 Å². The summed E-state index contributed by atoms with van der Waals surface area (Å²) in [4.78, 5) is 40.0. The Kier molecular flexibility index (Phi) is 7.29. The van der Waals surface area contributed by atoms with Crippen molar-refractivity contribution in [3.05, 3.63) is 94.0 Å². The van der Waals surface area contributed by atoms with Crippen LogP contribution in [0.25, 0.3) is 0 Å². The molecule has 1 heterocycles. The first-order valence-electron chi connectivity index (χ1n) is 12.5. The molecule has 3 aromatic rings. The van der Waals surface area contributed by atoms with Crippen molar-refractivity contribution < 1.29 is 23.2 Å². The lowest BCUT2D eigenvalue weighted by atomic mass is 9.89. The molecule has 0 unspecified atom stereocenters. The number of benzene rings is 3. The molecule has 38 heavy (non-hydrogen) atoms. The number of rotatable bonds is 6. The van der Waals surface area contributed by atoms with Gasteiger partial charge >= 0.3 is 0 Å². The molecule has 9 heteroatoms. The van der Waals surface area contributed by atoms with Gasteiger partial charge in [0.15, 0.2) is 0 Å². The van der Waals surface area contributed by atoms with Crippen LogP contribution in [-0.2, 0) is 9.59 Å². The first-order chi connectivity index (χ1) is 18.3. The van der Waals surface area contributed by atoms with Gasteiger partial charge in [0.1, 0.15) is 17.0 Å². The zero-order valence-electron chi connectivity index (χ0n) is 20.5. The molecule has 0 atom stereocenters. The normalized spacial score (nSPS) is 16.6. The number of nitrogens with zero attached hydrogens (tertiary/aromatic N) is 1. The molecule has 2 fully saturated rings. The van der Waals surface area contributed by atoms with Gasteiger partial charge in [0.05, 0.1) is 10.0 Å².